The third kappa shape index (κ3) is 2.74. The van der Waals surface area contributed by atoms with Crippen LogP contribution in [-0.4, -0.2) is 18.6 Å². The van der Waals surface area contributed by atoms with E-state index in [1.165, 1.54) is 0 Å². The lowest BCUT2D eigenvalue weighted by atomic mass is 10.2. The lowest BCUT2D eigenvalue weighted by Crippen LogP contribution is -2.23. The highest BCUT2D eigenvalue weighted by Crippen LogP contribution is 2.13. The van der Waals surface area contributed by atoms with Crippen molar-refractivity contribution in [2.24, 2.45) is 5.92 Å². The first-order valence-electron chi connectivity index (χ1n) is 4.67. The second kappa shape index (κ2) is 4.61. The molecular formula is C11H15N3. The van der Waals surface area contributed by atoms with Gasteiger partial charge >= 0.3 is 0 Å². The molecule has 0 aliphatic rings. The van der Waals surface area contributed by atoms with Gasteiger partial charge in [0.1, 0.15) is 0 Å². The van der Waals surface area contributed by atoms with Gasteiger partial charge in [-0.1, -0.05) is 0 Å². The molecule has 1 aromatic heterocycles. The summed E-state index contributed by atoms with van der Waals surface area (Å²) in [6.45, 7) is 4.63. The second-order valence-corrected chi connectivity index (χ2v) is 3.57. The highest BCUT2D eigenvalue weighted by molar-refractivity contribution is 5.45. The molecule has 1 aromatic rings. The average Bonchev–Trinajstić information content (AvgIpc) is 2.17. The van der Waals surface area contributed by atoms with Crippen molar-refractivity contribution in [3.05, 3.63) is 24.0 Å². The predicted octanol–water partition coefficient (Wildman–Crippen LogP) is 1.99. The SMILES string of the molecule is Cc1cc(N(C)CC(C)C#N)ccn1. The minimum atomic E-state index is 0.0495. The lowest BCUT2D eigenvalue weighted by Gasteiger charge is -2.20. The number of aromatic nitrogens is 1. The normalized spacial score (nSPS) is 11.9. The van der Waals surface area contributed by atoms with Crippen LogP contribution in [0.5, 0.6) is 0 Å². The molecule has 3 heteroatoms. The molecule has 1 atom stereocenters. The van der Waals surface area contributed by atoms with E-state index in [9.17, 15) is 0 Å². The van der Waals surface area contributed by atoms with Gasteiger partial charge in [-0.3, -0.25) is 4.98 Å². The van der Waals surface area contributed by atoms with Gasteiger partial charge in [0.2, 0.25) is 0 Å². The minimum Gasteiger partial charge on any atom is -0.373 e. The van der Waals surface area contributed by atoms with E-state index in [-0.39, 0.29) is 5.92 Å². The number of aryl methyl sites for hydroxylation is 1. The third-order valence-electron chi connectivity index (χ3n) is 2.09. The van der Waals surface area contributed by atoms with Gasteiger partial charge in [0.15, 0.2) is 0 Å². The molecule has 0 aliphatic heterocycles. The number of rotatable bonds is 3. The summed E-state index contributed by atoms with van der Waals surface area (Å²) in [5, 5.41) is 8.70. The van der Waals surface area contributed by atoms with Gasteiger partial charge in [-0.25, -0.2) is 0 Å². The molecule has 0 amide bonds. The molecule has 0 aromatic carbocycles. The monoisotopic (exact) mass is 189 g/mol. The van der Waals surface area contributed by atoms with E-state index in [0.717, 1.165) is 17.9 Å². The van der Waals surface area contributed by atoms with Gasteiger partial charge in [-0.05, 0) is 26.0 Å². The Hall–Kier alpha value is -1.56. The summed E-state index contributed by atoms with van der Waals surface area (Å²) in [5.74, 6) is 0.0495. The summed E-state index contributed by atoms with van der Waals surface area (Å²) in [6, 6.07) is 6.20. The van der Waals surface area contributed by atoms with Crippen molar-refractivity contribution >= 4 is 5.69 Å². The van der Waals surface area contributed by atoms with Gasteiger partial charge in [0.25, 0.3) is 0 Å². The molecule has 1 rings (SSSR count). The van der Waals surface area contributed by atoms with Crippen LogP contribution in [0.2, 0.25) is 0 Å². The fourth-order valence-corrected chi connectivity index (χ4v) is 1.33. The van der Waals surface area contributed by atoms with Crippen molar-refractivity contribution in [2.75, 3.05) is 18.5 Å². The molecule has 0 radical (unpaired) electrons. The zero-order chi connectivity index (χ0) is 10.6. The maximum absolute atomic E-state index is 8.70. The zero-order valence-corrected chi connectivity index (χ0v) is 8.86. The first-order chi connectivity index (χ1) is 6.63. The van der Waals surface area contributed by atoms with E-state index in [4.69, 9.17) is 5.26 Å². The van der Waals surface area contributed by atoms with E-state index in [1.807, 2.05) is 33.0 Å². The Kier molecular flexibility index (Phi) is 3.47. The van der Waals surface area contributed by atoms with Crippen LogP contribution in [0, 0.1) is 24.2 Å². The first kappa shape index (κ1) is 10.5. The smallest absolute Gasteiger partial charge is 0.0671 e. The fraction of sp³-hybridized carbons (Fsp3) is 0.455. The van der Waals surface area contributed by atoms with Crippen LogP contribution < -0.4 is 4.90 Å². The molecule has 0 N–H and O–H groups in total. The number of nitrogens with zero attached hydrogens (tertiary/aromatic N) is 3. The third-order valence-corrected chi connectivity index (χ3v) is 2.09. The Labute approximate surface area is 85.0 Å². The van der Waals surface area contributed by atoms with E-state index < -0.39 is 0 Å². The van der Waals surface area contributed by atoms with Crippen LogP contribution in [0.25, 0.3) is 0 Å². The summed E-state index contributed by atoms with van der Waals surface area (Å²) >= 11 is 0. The maximum Gasteiger partial charge on any atom is 0.0671 e. The van der Waals surface area contributed by atoms with E-state index in [2.05, 4.69) is 16.0 Å². The van der Waals surface area contributed by atoms with Crippen LogP contribution in [0.15, 0.2) is 18.3 Å². The van der Waals surface area contributed by atoms with Crippen LogP contribution >= 0.6 is 0 Å². The first-order valence-corrected chi connectivity index (χ1v) is 4.67. The van der Waals surface area contributed by atoms with Crippen molar-refractivity contribution in [1.82, 2.24) is 4.98 Å². The van der Waals surface area contributed by atoms with E-state index >= 15 is 0 Å². The van der Waals surface area contributed by atoms with Crippen molar-refractivity contribution in [1.29, 1.82) is 5.26 Å². The van der Waals surface area contributed by atoms with Crippen LogP contribution in [0.1, 0.15) is 12.6 Å². The van der Waals surface area contributed by atoms with Gasteiger partial charge in [0.05, 0.1) is 12.0 Å². The topological polar surface area (TPSA) is 39.9 Å². The standard InChI is InChI=1S/C11H15N3/c1-9(7-12)8-14(3)11-4-5-13-10(2)6-11/h4-6,9H,8H2,1-3H3. The average molecular weight is 189 g/mol. The highest BCUT2D eigenvalue weighted by atomic mass is 15.1. The van der Waals surface area contributed by atoms with Gasteiger partial charge in [-0.15, -0.1) is 0 Å². The molecule has 0 saturated heterocycles. The Morgan fingerprint density at radius 2 is 2.36 bits per heavy atom. The molecule has 0 saturated carbocycles. The second-order valence-electron chi connectivity index (χ2n) is 3.57. The molecule has 14 heavy (non-hydrogen) atoms. The van der Waals surface area contributed by atoms with Crippen LogP contribution in [-0.2, 0) is 0 Å². The Morgan fingerprint density at radius 3 is 2.93 bits per heavy atom. The van der Waals surface area contributed by atoms with Crippen molar-refractivity contribution in [2.45, 2.75) is 13.8 Å². The molecule has 1 unspecified atom stereocenters. The van der Waals surface area contributed by atoms with Crippen molar-refractivity contribution in [3.8, 4) is 6.07 Å². The van der Waals surface area contributed by atoms with Crippen LogP contribution in [0.3, 0.4) is 0 Å². The molecule has 0 bridgehead atoms. The summed E-state index contributed by atoms with van der Waals surface area (Å²) < 4.78 is 0. The number of hydrogen-bond donors (Lipinski definition) is 0. The quantitative estimate of drug-likeness (QED) is 0.730. The Bertz CT molecular complexity index is 341. The number of nitriles is 1. The van der Waals surface area contributed by atoms with E-state index in [0.29, 0.717) is 0 Å². The summed E-state index contributed by atoms with van der Waals surface area (Å²) in [7, 11) is 1.99. The predicted molar refractivity (Wildman–Crippen MR) is 57.0 cm³/mol. The van der Waals surface area contributed by atoms with Gasteiger partial charge < -0.3 is 4.90 Å². The molecule has 74 valence electrons. The zero-order valence-electron chi connectivity index (χ0n) is 8.86. The summed E-state index contributed by atoms with van der Waals surface area (Å²) in [4.78, 5) is 6.20. The summed E-state index contributed by atoms with van der Waals surface area (Å²) in [6.07, 6.45) is 1.79. The molecular weight excluding hydrogens is 174 g/mol. The molecule has 0 fully saturated rings. The van der Waals surface area contributed by atoms with Crippen molar-refractivity contribution < 1.29 is 0 Å². The molecule has 3 nitrogen and oxygen atoms in total. The van der Waals surface area contributed by atoms with Gasteiger partial charge in [0, 0.05) is 31.2 Å². The largest absolute Gasteiger partial charge is 0.373 e. The fourth-order valence-electron chi connectivity index (χ4n) is 1.33. The number of anilines is 1. The highest BCUT2D eigenvalue weighted by Gasteiger charge is 2.05. The maximum atomic E-state index is 8.70. The molecule has 1 heterocycles. The Balaban J connectivity index is 2.70. The molecule has 0 spiro atoms. The van der Waals surface area contributed by atoms with Gasteiger partial charge in [-0.2, -0.15) is 5.26 Å². The van der Waals surface area contributed by atoms with Crippen LogP contribution in [0.4, 0.5) is 5.69 Å². The van der Waals surface area contributed by atoms with Crippen molar-refractivity contribution in [3.63, 3.8) is 0 Å². The van der Waals surface area contributed by atoms with E-state index in [1.54, 1.807) is 6.20 Å². The molecule has 0 aliphatic carbocycles. The Morgan fingerprint density at radius 1 is 1.64 bits per heavy atom. The lowest BCUT2D eigenvalue weighted by molar-refractivity contribution is 0.716. The summed E-state index contributed by atoms with van der Waals surface area (Å²) in [5.41, 5.74) is 2.11. The number of hydrogen-bond acceptors (Lipinski definition) is 3. The minimum absolute atomic E-state index is 0.0495. The number of pyridine rings is 1.